The van der Waals surface area contributed by atoms with Crippen LogP contribution in [0.5, 0.6) is 0 Å². The van der Waals surface area contributed by atoms with E-state index in [1.165, 1.54) is 11.1 Å². The van der Waals surface area contributed by atoms with Crippen LogP contribution in [-0.4, -0.2) is 8.32 Å². The van der Waals surface area contributed by atoms with Crippen LogP contribution in [0.25, 0.3) is 5.76 Å². The quantitative estimate of drug-likeness (QED) is 0.576. The molecule has 0 unspecified atom stereocenters. The summed E-state index contributed by atoms with van der Waals surface area (Å²) in [6, 6.07) is 11.7. The van der Waals surface area contributed by atoms with Gasteiger partial charge in [-0.2, -0.15) is 0 Å². The van der Waals surface area contributed by atoms with Crippen LogP contribution in [0.4, 0.5) is 0 Å². The van der Waals surface area contributed by atoms with Gasteiger partial charge in [0, 0.05) is 11.6 Å². The molecule has 2 heteroatoms. The lowest BCUT2D eigenvalue weighted by molar-refractivity contribution is 0.410. The Morgan fingerprint density at radius 2 is 1.40 bits per heavy atom. The summed E-state index contributed by atoms with van der Waals surface area (Å²) in [5.74, 6) is 1.14. The maximum atomic E-state index is 6.79. The highest BCUT2D eigenvalue weighted by Crippen LogP contribution is 2.59. The Kier molecular flexibility index (Phi) is 3.66. The first kappa shape index (κ1) is 15.4. The molecule has 1 aliphatic rings. The van der Waals surface area contributed by atoms with E-state index in [4.69, 9.17) is 4.43 Å². The molecule has 0 saturated heterocycles. The van der Waals surface area contributed by atoms with Gasteiger partial charge in [-0.05, 0) is 22.6 Å². The highest BCUT2D eigenvalue weighted by Gasteiger charge is 2.59. The van der Waals surface area contributed by atoms with Gasteiger partial charge >= 0.3 is 0 Å². The fraction of sp³-hybridized carbons (Fsp3) is 0.556. The third kappa shape index (κ3) is 2.35. The number of allylic oxidation sites excluding steroid dienone is 1. The number of hydrogen-bond acceptors (Lipinski definition) is 1. The van der Waals surface area contributed by atoms with Crippen molar-refractivity contribution in [3.63, 3.8) is 0 Å². The zero-order valence-corrected chi connectivity index (χ0v) is 15.0. The number of rotatable bonds is 1. The third-order valence-corrected chi connectivity index (χ3v) is 11.1. The van der Waals surface area contributed by atoms with Gasteiger partial charge in [0.2, 0.25) is 0 Å². The Hall–Kier alpha value is -1.02. The van der Waals surface area contributed by atoms with Crippen LogP contribution < -0.4 is 0 Å². The van der Waals surface area contributed by atoms with Gasteiger partial charge in [-0.25, -0.2) is 0 Å². The summed E-state index contributed by atoms with van der Waals surface area (Å²) in [6.07, 6.45) is 0. The Bertz CT molecular complexity index is 501. The molecule has 0 aromatic heterocycles. The molecule has 0 radical (unpaired) electrons. The van der Waals surface area contributed by atoms with Crippen LogP contribution in [0.15, 0.2) is 35.9 Å². The SMILES string of the molecule is CC1=C(c2ccccc2)O[Si](C(C)(C)C)(C(C)(C)C)C1. The second kappa shape index (κ2) is 4.76. The first-order chi connectivity index (χ1) is 9.08. The highest BCUT2D eigenvalue weighted by molar-refractivity contribution is 6.81. The van der Waals surface area contributed by atoms with Crippen molar-refractivity contribution in [2.24, 2.45) is 0 Å². The molecule has 1 heterocycles. The number of benzene rings is 1. The maximum absolute atomic E-state index is 6.79. The zero-order valence-electron chi connectivity index (χ0n) is 14.0. The van der Waals surface area contributed by atoms with Gasteiger partial charge in [0.15, 0.2) is 0 Å². The molecule has 0 saturated carbocycles. The fourth-order valence-corrected chi connectivity index (χ4v) is 9.15. The largest absolute Gasteiger partial charge is 0.542 e. The molecule has 2 rings (SSSR count). The topological polar surface area (TPSA) is 9.23 Å². The average molecular weight is 289 g/mol. The number of hydrogen-bond donors (Lipinski definition) is 0. The molecule has 0 N–H and O–H groups in total. The van der Waals surface area contributed by atoms with Crippen molar-refractivity contribution >= 4 is 14.1 Å². The molecule has 1 aromatic rings. The predicted molar refractivity (Wildman–Crippen MR) is 90.1 cm³/mol. The van der Waals surface area contributed by atoms with Gasteiger partial charge in [0.25, 0.3) is 8.32 Å². The summed E-state index contributed by atoms with van der Waals surface area (Å²) in [6.45, 7) is 16.4. The molecule has 1 aliphatic heterocycles. The average Bonchev–Trinajstić information content (AvgIpc) is 2.68. The van der Waals surface area contributed by atoms with E-state index in [2.05, 4.69) is 78.8 Å². The summed E-state index contributed by atoms with van der Waals surface area (Å²) >= 11 is 0. The molecule has 110 valence electrons. The lowest BCUT2D eigenvalue weighted by Crippen LogP contribution is -2.52. The second-order valence-electron chi connectivity index (χ2n) is 8.08. The minimum absolute atomic E-state index is 0.225. The van der Waals surface area contributed by atoms with Crippen molar-refractivity contribution < 1.29 is 4.43 Å². The van der Waals surface area contributed by atoms with Crippen LogP contribution in [0, 0.1) is 0 Å². The summed E-state index contributed by atoms with van der Waals surface area (Å²) in [4.78, 5) is 0. The summed E-state index contributed by atoms with van der Waals surface area (Å²) in [5, 5.41) is 0.450. The Labute approximate surface area is 125 Å². The van der Waals surface area contributed by atoms with Gasteiger partial charge in [-0.1, -0.05) is 71.9 Å². The van der Waals surface area contributed by atoms with E-state index in [0.29, 0.717) is 0 Å². The van der Waals surface area contributed by atoms with E-state index >= 15 is 0 Å². The molecule has 0 fully saturated rings. The molecule has 0 amide bonds. The first-order valence-corrected chi connectivity index (χ1v) is 9.64. The van der Waals surface area contributed by atoms with Crippen LogP contribution in [0.1, 0.15) is 54.0 Å². The molecule has 1 aromatic carbocycles. The van der Waals surface area contributed by atoms with Gasteiger partial charge in [0.05, 0.1) is 0 Å². The molecule has 20 heavy (non-hydrogen) atoms. The summed E-state index contributed by atoms with van der Waals surface area (Å²) in [7, 11) is -1.92. The van der Waals surface area contributed by atoms with Crippen molar-refractivity contribution in [1.29, 1.82) is 0 Å². The van der Waals surface area contributed by atoms with Crippen LogP contribution in [-0.2, 0) is 4.43 Å². The smallest absolute Gasteiger partial charge is 0.265 e. The monoisotopic (exact) mass is 288 g/mol. The summed E-state index contributed by atoms with van der Waals surface area (Å²) < 4.78 is 6.79. The van der Waals surface area contributed by atoms with Crippen molar-refractivity contribution in [3.8, 4) is 0 Å². The fourth-order valence-electron chi connectivity index (χ4n) is 3.61. The van der Waals surface area contributed by atoms with Crippen molar-refractivity contribution in [1.82, 2.24) is 0 Å². The van der Waals surface area contributed by atoms with Crippen LogP contribution in [0.3, 0.4) is 0 Å². The van der Waals surface area contributed by atoms with Crippen molar-refractivity contribution in [3.05, 3.63) is 41.5 Å². The Morgan fingerprint density at radius 1 is 0.900 bits per heavy atom. The molecule has 0 aliphatic carbocycles. The predicted octanol–water partition coefficient (Wildman–Crippen LogP) is 5.99. The first-order valence-electron chi connectivity index (χ1n) is 7.53. The van der Waals surface area contributed by atoms with Gasteiger partial charge in [-0.3, -0.25) is 0 Å². The third-order valence-electron chi connectivity index (χ3n) is 4.64. The normalized spacial score (nSPS) is 19.1. The molecule has 1 nitrogen and oxygen atoms in total. The minimum Gasteiger partial charge on any atom is -0.542 e. The Morgan fingerprint density at radius 3 is 1.80 bits per heavy atom. The molecular formula is C18H28OSi. The summed E-state index contributed by atoms with van der Waals surface area (Å²) in [5.41, 5.74) is 2.65. The van der Waals surface area contributed by atoms with Gasteiger partial charge < -0.3 is 4.43 Å². The van der Waals surface area contributed by atoms with E-state index in [-0.39, 0.29) is 10.1 Å². The van der Waals surface area contributed by atoms with Gasteiger partial charge in [-0.15, -0.1) is 0 Å². The minimum atomic E-state index is -1.92. The van der Waals surface area contributed by atoms with Crippen LogP contribution >= 0.6 is 0 Å². The van der Waals surface area contributed by atoms with Crippen LogP contribution in [0.2, 0.25) is 16.1 Å². The highest BCUT2D eigenvalue weighted by atomic mass is 28.4. The molecule has 0 bridgehead atoms. The van der Waals surface area contributed by atoms with Crippen molar-refractivity contribution in [2.45, 2.75) is 64.6 Å². The molecule has 0 spiro atoms. The maximum Gasteiger partial charge on any atom is 0.265 e. The van der Waals surface area contributed by atoms with E-state index in [1.54, 1.807) is 0 Å². The van der Waals surface area contributed by atoms with Crippen molar-refractivity contribution in [2.75, 3.05) is 0 Å². The van der Waals surface area contributed by atoms with E-state index in [1.807, 2.05) is 0 Å². The van der Waals surface area contributed by atoms with E-state index in [0.717, 1.165) is 11.8 Å². The zero-order chi connectivity index (χ0) is 15.2. The lowest BCUT2D eigenvalue weighted by Gasteiger charge is -2.48. The second-order valence-corrected chi connectivity index (χ2v) is 13.3. The Balaban J connectivity index is 2.46. The van der Waals surface area contributed by atoms with Gasteiger partial charge in [0.1, 0.15) is 5.76 Å². The molecule has 0 atom stereocenters. The van der Waals surface area contributed by atoms with E-state index in [9.17, 15) is 0 Å². The standard InChI is InChI=1S/C18H28OSi/c1-14-13-20(17(2,3)4,18(5,6)7)19-16(14)15-11-9-8-10-12-15/h8-12H,13H2,1-7H3. The lowest BCUT2D eigenvalue weighted by atomic mass is 10.1. The molecular weight excluding hydrogens is 260 g/mol. The van der Waals surface area contributed by atoms with E-state index < -0.39 is 8.32 Å².